The molecule has 11 heavy (non-hydrogen) atoms. The molecule has 0 spiro atoms. The Kier molecular flexibility index (Phi) is 2.53. The molecule has 5 nitrogen and oxygen atoms in total. The predicted octanol–water partition coefficient (Wildman–Crippen LogP) is -0.344. The van der Waals surface area contributed by atoms with Gasteiger partial charge in [0.05, 0.1) is 7.11 Å². The van der Waals surface area contributed by atoms with Gasteiger partial charge in [0, 0.05) is 13.0 Å². The normalized spacial score (nSPS) is 29.9. The van der Waals surface area contributed by atoms with E-state index in [0.717, 1.165) is 0 Å². The maximum Gasteiger partial charge on any atom is 0.322 e. The van der Waals surface area contributed by atoms with Crippen molar-refractivity contribution < 1.29 is 9.53 Å². The minimum Gasteiger partial charge on any atom is -0.468 e. The van der Waals surface area contributed by atoms with Crippen molar-refractivity contribution in [2.24, 2.45) is 5.18 Å². The van der Waals surface area contributed by atoms with E-state index in [1.54, 1.807) is 0 Å². The van der Waals surface area contributed by atoms with Gasteiger partial charge in [-0.15, -0.1) is 0 Å². The first-order valence-corrected chi connectivity index (χ1v) is 3.41. The highest BCUT2D eigenvalue weighted by atomic mass is 16.5. The zero-order valence-electron chi connectivity index (χ0n) is 6.24. The molecule has 0 radical (unpaired) electrons. The lowest BCUT2D eigenvalue weighted by Crippen LogP contribution is -2.31. The highest BCUT2D eigenvalue weighted by Crippen LogP contribution is 2.10. The highest BCUT2D eigenvalue weighted by Gasteiger charge is 2.30. The van der Waals surface area contributed by atoms with Crippen molar-refractivity contribution >= 4 is 5.97 Å². The Balaban J connectivity index is 2.41. The van der Waals surface area contributed by atoms with Crippen LogP contribution in [-0.4, -0.2) is 31.7 Å². The van der Waals surface area contributed by atoms with Gasteiger partial charge in [0.25, 0.3) is 0 Å². The zero-order valence-corrected chi connectivity index (χ0v) is 6.24. The molecule has 0 aromatic rings. The molecule has 1 fully saturated rings. The molecule has 62 valence electrons. The summed E-state index contributed by atoms with van der Waals surface area (Å²) >= 11 is 0. The van der Waals surface area contributed by atoms with Crippen LogP contribution in [-0.2, 0) is 9.53 Å². The monoisotopic (exact) mass is 158 g/mol. The van der Waals surface area contributed by atoms with E-state index in [1.807, 2.05) is 0 Å². The molecule has 1 rings (SSSR count). The van der Waals surface area contributed by atoms with E-state index >= 15 is 0 Å². The molecule has 0 aromatic heterocycles. The summed E-state index contributed by atoms with van der Waals surface area (Å²) < 4.78 is 4.48. The number of rotatable bonds is 2. The van der Waals surface area contributed by atoms with Gasteiger partial charge in [0.1, 0.15) is 12.1 Å². The van der Waals surface area contributed by atoms with Crippen LogP contribution in [0, 0.1) is 4.91 Å². The largest absolute Gasteiger partial charge is 0.468 e. The summed E-state index contributed by atoms with van der Waals surface area (Å²) in [6, 6.07) is -0.623. The summed E-state index contributed by atoms with van der Waals surface area (Å²) in [5, 5.41) is 5.67. The van der Waals surface area contributed by atoms with E-state index in [0.29, 0.717) is 13.0 Å². The van der Waals surface area contributed by atoms with Crippen molar-refractivity contribution in [3.05, 3.63) is 4.91 Å². The number of nitrogens with zero attached hydrogens (tertiary/aromatic N) is 1. The van der Waals surface area contributed by atoms with Crippen LogP contribution < -0.4 is 5.32 Å². The van der Waals surface area contributed by atoms with Gasteiger partial charge in [-0.25, -0.2) is 0 Å². The Morgan fingerprint density at radius 1 is 1.73 bits per heavy atom. The molecule has 1 heterocycles. The molecular formula is C6H10N2O3. The summed E-state index contributed by atoms with van der Waals surface area (Å²) in [4.78, 5) is 20.9. The molecule has 2 atom stereocenters. The second-order valence-electron chi connectivity index (χ2n) is 2.48. The molecule has 0 bridgehead atoms. The maximum atomic E-state index is 10.8. The minimum absolute atomic E-state index is 0.279. The number of hydrogen-bond donors (Lipinski definition) is 1. The van der Waals surface area contributed by atoms with Crippen molar-refractivity contribution in [2.45, 2.75) is 18.5 Å². The average molecular weight is 158 g/mol. The summed E-state index contributed by atoms with van der Waals surface area (Å²) in [7, 11) is 1.33. The van der Waals surface area contributed by atoms with Gasteiger partial charge in [0.2, 0.25) is 0 Å². The molecule has 2 unspecified atom stereocenters. The van der Waals surface area contributed by atoms with Crippen LogP contribution >= 0.6 is 0 Å². The van der Waals surface area contributed by atoms with Crippen LogP contribution in [0.25, 0.3) is 0 Å². The Morgan fingerprint density at radius 3 is 2.91 bits per heavy atom. The molecule has 0 saturated carbocycles. The van der Waals surface area contributed by atoms with Crippen LogP contribution in [0.1, 0.15) is 6.42 Å². The van der Waals surface area contributed by atoms with Crippen molar-refractivity contribution in [1.82, 2.24) is 5.32 Å². The third-order valence-corrected chi connectivity index (χ3v) is 1.74. The number of carbonyl (C=O) groups excluding carboxylic acids is 1. The molecule has 0 aromatic carbocycles. The van der Waals surface area contributed by atoms with Crippen LogP contribution in [0.15, 0.2) is 5.18 Å². The van der Waals surface area contributed by atoms with Gasteiger partial charge >= 0.3 is 5.97 Å². The van der Waals surface area contributed by atoms with Gasteiger partial charge in [-0.1, -0.05) is 5.18 Å². The van der Waals surface area contributed by atoms with Crippen LogP contribution in [0.2, 0.25) is 0 Å². The molecule has 1 N–H and O–H groups in total. The lowest BCUT2D eigenvalue weighted by molar-refractivity contribution is -0.142. The van der Waals surface area contributed by atoms with E-state index in [-0.39, 0.29) is 18.1 Å². The fourth-order valence-electron chi connectivity index (χ4n) is 1.12. The number of nitrogens with one attached hydrogen (secondary N) is 1. The lowest BCUT2D eigenvalue weighted by Gasteiger charge is -2.04. The van der Waals surface area contributed by atoms with E-state index in [9.17, 15) is 9.70 Å². The van der Waals surface area contributed by atoms with E-state index in [2.05, 4.69) is 15.2 Å². The van der Waals surface area contributed by atoms with Crippen molar-refractivity contribution in [3.8, 4) is 0 Å². The molecule has 0 aliphatic carbocycles. The number of esters is 1. The summed E-state index contributed by atoms with van der Waals surface area (Å²) in [6.45, 7) is 0.475. The summed E-state index contributed by atoms with van der Waals surface area (Å²) in [5.41, 5.74) is 0. The van der Waals surface area contributed by atoms with Crippen LogP contribution in [0.5, 0.6) is 0 Å². The maximum absolute atomic E-state index is 10.8. The predicted molar refractivity (Wildman–Crippen MR) is 38.0 cm³/mol. The van der Waals surface area contributed by atoms with Crippen molar-refractivity contribution in [2.75, 3.05) is 13.7 Å². The van der Waals surface area contributed by atoms with E-state index < -0.39 is 0 Å². The lowest BCUT2D eigenvalue weighted by atomic mass is 10.2. The molecule has 0 amide bonds. The van der Waals surface area contributed by atoms with Crippen LogP contribution in [0.4, 0.5) is 0 Å². The third kappa shape index (κ3) is 1.74. The van der Waals surface area contributed by atoms with Crippen molar-refractivity contribution in [1.29, 1.82) is 0 Å². The zero-order chi connectivity index (χ0) is 8.27. The second kappa shape index (κ2) is 3.43. The van der Waals surface area contributed by atoms with Crippen molar-refractivity contribution in [3.63, 3.8) is 0 Å². The second-order valence-corrected chi connectivity index (χ2v) is 2.48. The summed E-state index contributed by atoms with van der Waals surface area (Å²) in [5.74, 6) is -0.323. The Morgan fingerprint density at radius 2 is 2.45 bits per heavy atom. The van der Waals surface area contributed by atoms with Crippen LogP contribution in [0.3, 0.4) is 0 Å². The number of hydrogen-bond acceptors (Lipinski definition) is 5. The van der Waals surface area contributed by atoms with Gasteiger partial charge in [-0.05, 0) is 0 Å². The first-order valence-electron chi connectivity index (χ1n) is 3.41. The molecule has 5 heteroatoms. The fraction of sp³-hybridized carbons (Fsp3) is 0.833. The Hall–Kier alpha value is -0.970. The van der Waals surface area contributed by atoms with Gasteiger partial charge in [-0.2, -0.15) is 4.91 Å². The molecule has 1 aliphatic rings. The Labute approximate surface area is 64.1 Å². The number of methoxy groups -OCH3 is 1. The fourth-order valence-corrected chi connectivity index (χ4v) is 1.12. The molecule has 1 saturated heterocycles. The standard InChI is InChI=1S/C6H10N2O3/c1-11-6(9)5-2-4(8-10)3-7-5/h4-5,7H,2-3H2,1H3. The minimum atomic E-state index is -0.345. The first-order chi connectivity index (χ1) is 5.27. The van der Waals surface area contributed by atoms with E-state index in [1.165, 1.54) is 7.11 Å². The smallest absolute Gasteiger partial charge is 0.322 e. The first kappa shape index (κ1) is 8.13. The third-order valence-electron chi connectivity index (χ3n) is 1.74. The van der Waals surface area contributed by atoms with Gasteiger partial charge < -0.3 is 10.1 Å². The number of nitroso groups, excluding NO2 is 1. The quantitative estimate of drug-likeness (QED) is 0.441. The summed E-state index contributed by atoms with van der Waals surface area (Å²) in [6.07, 6.45) is 0.455. The molecule has 1 aliphatic heterocycles. The number of ether oxygens (including phenoxy) is 1. The number of carbonyl (C=O) groups is 1. The highest BCUT2D eigenvalue weighted by molar-refractivity contribution is 5.76. The van der Waals surface area contributed by atoms with Gasteiger partial charge in [0.15, 0.2) is 0 Å². The molecular weight excluding hydrogens is 148 g/mol. The van der Waals surface area contributed by atoms with Gasteiger partial charge in [-0.3, -0.25) is 4.79 Å². The SMILES string of the molecule is COC(=O)C1CC(N=O)CN1. The average Bonchev–Trinajstić information content (AvgIpc) is 2.50. The topological polar surface area (TPSA) is 67.8 Å². The van der Waals surface area contributed by atoms with E-state index in [4.69, 9.17) is 0 Å². The Bertz CT molecular complexity index is 171.